The molecule has 0 spiro atoms. The number of hydrogen-bond acceptors (Lipinski definition) is 0. The van der Waals surface area contributed by atoms with Gasteiger partial charge >= 0.3 is 0 Å². The summed E-state index contributed by atoms with van der Waals surface area (Å²) in [7, 11) is 0. The fraction of sp³-hybridized carbons (Fsp3) is 1.00. The van der Waals surface area contributed by atoms with Gasteiger partial charge in [-0.3, -0.25) is 18.8 Å². The second-order valence-corrected chi connectivity index (χ2v) is 5.65. The highest BCUT2D eigenvalue weighted by atomic mass is 19.0. The van der Waals surface area contributed by atoms with Gasteiger partial charge in [-0.2, -0.15) is 0 Å². The second kappa shape index (κ2) is 25.7. The van der Waals surface area contributed by atoms with Crippen molar-refractivity contribution in [3.05, 3.63) is 0 Å². The van der Waals surface area contributed by atoms with Crippen molar-refractivity contribution in [1.82, 2.24) is 0 Å². The minimum Gasteiger partial charge on any atom is -0.324 e. The van der Waals surface area contributed by atoms with Crippen molar-refractivity contribution in [3.8, 4) is 0 Å². The number of rotatable bonds is 12. The average Bonchev–Trinajstić information content (AvgIpc) is 2.37. The summed E-state index contributed by atoms with van der Waals surface area (Å²) in [4.78, 5) is 0. The van der Waals surface area contributed by atoms with E-state index in [0.29, 0.717) is 0 Å². The highest BCUT2D eigenvalue weighted by Crippen LogP contribution is 2.16. The van der Waals surface area contributed by atoms with E-state index in [9.17, 15) is 0 Å². The first-order chi connectivity index (χ1) is 8.24. The second-order valence-electron chi connectivity index (χ2n) is 5.65. The summed E-state index contributed by atoms with van der Waals surface area (Å²) in [5.74, 6) is 0. The lowest BCUT2D eigenvalue weighted by molar-refractivity contribution is -0.929. The average molecular weight is 336 g/mol. The van der Waals surface area contributed by atoms with E-state index in [0.717, 1.165) is 0 Å². The fourth-order valence-corrected chi connectivity index (χ4v) is 2.64. The van der Waals surface area contributed by atoms with Gasteiger partial charge in [0.2, 0.25) is 0 Å². The zero-order chi connectivity index (χ0) is 13.0. The summed E-state index contributed by atoms with van der Waals surface area (Å²) in [5, 5.41) is 0. The van der Waals surface area contributed by atoms with Crippen LogP contribution < -0.4 is 0 Å². The first kappa shape index (κ1) is 37.7. The minimum absolute atomic E-state index is 0. The Bertz CT molecular complexity index is 137. The Morgan fingerprint density at radius 2 is 0.636 bits per heavy atom. The molecular weight excluding hydrogens is 293 g/mol. The maximum Gasteiger partial charge on any atom is 0.0814 e. The van der Waals surface area contributed by atoms with Crippen LogP contribution in [0.2, 0.25) is 0 Å². The van der Waals surface area contributed by atoms with Gasteiger partial charge in [0, 0.05) is 0 Å². The Hall–Kier alpha value is -0.255. The number of nitrogens with zero attached hydrogens (tertiary/aromatic N) is 1. The van der Waals surface area contributed by atoms with E-state index in [-0.39, 0.29) is 27.2 Å². The Labute approximate surface area is 137 Å². The van der Waals surface area contributed by atoms with Crippen molar-refractivity contribution in [2.75, 3.05) is 26.2 Å². The molecular formula is C16H43BF4N+. The van der Waals surface area contributed by atoms with Crippen molar-refractivity contribution in [1.29, 1.82) is 0 Å². The quantitative estimate of drug-likeness (QED) is 0.281. The summed E-state index contributed by atoms with van der Waals surface area (Å²) in [5.41, 5.74) is 0. The first-order valence-electron chi connectivity index (χ1n) is 8.09. The summed E-state index contributed by atoms with van der Waals surface area (Å²) in [6, 6.07) is 0. The van der Waals surface area contributed by atoms with Crippen LogP contribution >= 0.6 is 0 Å². The molecule has 0 bridgehead atoms. The number of halogens is 4. The lowest BCUT2D eigenvalue weighted by atomic mass is 10.1. The molecule has 1 nitrogen and oxygen atoms in total. The maximum absolute atomic E-state index is 2.33. The van der Waals surface area contributed by atoms with E-state index in [1.165, 1.54) is 82.0 Å². The Kier molecular flexibility index (Phi) is 44.1. The molecule has 0 N–H and O–H groups in total. The van der Waals surface area contributed by atoms with E-state index >= 15 is 0 Å². The van der Waals surface area contributed by atoms with Gasteiger partial charge in [-0.15, -0.1) is 0 Å². The summed E-state index contributed by atoms with van der Waals surface area (Å²) >= 11 is 0. The molecule has 0 aliphatic carbocycles. The zero-order valence-electron chi connectivity index (χ0n) is 14.6. The third-order valence-electron chi connectivity index (χ3n) is 3.94. The molecule has 0 amide bonds. The lowest BCUT2D eigenvalue weighted by Crippen LogP contribution is -2.50. The SMILES string of the molecule is B.CCCC[N+](CCCC)(CCCC)CCCC.F.F.F.F. The molecule has 0 rings (SSSR count). The largest absolute Gasteiger partial charge is 0.324 e. The Morgan fingerprint density at radius 1 is 0.455 bits per heavy atom. The van der Waals surface area contributed by atoms with Crippen LogP contribution in [0, 0.1) is 0 Å². The van der Waals surface area contributed by atoms with E-state index in [2.05, 4.69) is 27.7 Å². The normalized spacial score (nSPS) is 9.27. The summed E-state index contributed by atoms with van der Waals surface area (Å²) in [6.45, 7) is 15.0. The van der Waals surface area contributed by atoms with Gasteiger partial charge in [0.15, 0.2) is 0 Å². The standard InChI is InChI=1S/C16H36N.BH3.4FH/c1-5-9-13-17(14-10-6-2,15-11-7-3)16-12-8-4;;;;;/h5-16H2,1-4H3;1H3;4*1H/q+1;;;;;. The predicted molar refractivity (Wildman–Crippen MR) is 99.3 cm³/mol. The Balaban J connectivity index is -0.000000128. The van der Waals surface area contributed by atoms with Gasteiger partial charge in [0.05, 0.1) is 34.6 Å². The fourth-order valence-electron chi connectivity index (χ4n) is 2.64. The van der Waals surface area contributed by atoms with Crippen molar-refractivity contribution >= 4 is 8.41 Å². The van der Waals surface area contributed by atoms with E-state index < -0.39 is 0 Å². The van der Waals surface area contributed by atoms with Gasteiger partial charge in [-0.1, -0.05) is 53.4 Å². The van der Waals surface area contributed by atoms with Crippen LogP contribution in [0.3, 0.4) is 0 Å². The topological polar surface area (TPSA) is 0 Å². The van der Waals surface area contributed by atoms with Gasteiger partial charge in [-0.05, 0) is 25.7 Å². The van der Waals surface area contributed by atoms with Gasteiger partial charge in [-0.25, -0.2) is 0 Å². The molecule has 0 aromatic carbocycles. The van der Waals surface area contributed by atoms with Crippen molar-refractivity contribution < 1.29 is 23.3 Å². The third kappa shape index (κ3) is 17.8. The maximum atomic E-state index is 2.33. The molecule has 142 valence electrons. The minimum atomic E-state index is 0. The molecule has 0 saturated carbocycles. The number of hydrogen-bond donors (Lipinski definition) is 0. The van der Waals surface area contributed by atoms with Crippen molar-refractivity contribution in [3.63, 3.8) is 0 Å². The monoisotopic (exact) mass is 336 g/mol. The van der Waals surface area contributed by atoms with Crippen molar-refractivity contribution in [2.45, 2.75) is 79.1 Å². The molecule has 0 fully saturated rings. The van der Waals surface area contributed by atoms with E-state index in [1.807, 2.05) is 0 Å². The predicted octanol–water partition coefficient (Wildman–Crippen LogP) is 4.43. The van der Waals surface area contributed by atoms with Crippen LogP contribution in [-0.4, -0.2) is 39.1 Å². The molecule has 0 aliphatic rings. The van der Waals surface area contributed by atoms with Gasteiger partial charge in [0.25, 0.3) is 0 Å². The highest BCUT2D eigenvalue weighted by molar-refractivity contribution is 5.75. The molecule has 0 saturated heterocycles. The van der Waals surface area contributed by atoms with Crippen LogP contribution in [-0.2, 0) is 0 Å². The molecule has 6 heteroatoms. The molecule has 0 aliphatic heterocycles. The molecule has 22 heavy (non-hydrogen) atoms. The Morgan fingerprint density at radius 3 is 0.773 bits per heavy atom. The zero-order valence-corrected chi connectivity index (χ0v) is 14.6. The summed E-state index contributed by atoms with van der Waals surface area (Å²) in [6.07, 6.45) is 11.1. The molecule has 0 atom stereocenters. The van der Waals surface area contributed by atoms with Crippen LogP contribution in [0.4, 0.5) is 18.8 Å². The molecule has 0 aromatic heterocycles. The van der Waals surface area contributed by atoms with Crippen molar-refractivity contribution in [2.24, 2.45) is 0 Å². The van der Waals surface area contributed by atoms with Crippen LogP contribution in [0.1, 0.15) is 79.1 Å². The number of quaternary nitrogens is 1. The van der Waals surface area contributed by atoms with E-state index in [4.69, 9.17) is 0 Å². The molecule has 0 heterocycles. The van der Waals surface area contributed by atoms with Gasteiger partial charge in [0.1, 0.15) is 0 Å². The van der Waals surface area contributed by atoms with Gasteiger partial charge < -0.3 is 4.48 Å². The molecule has 0 aromatic rings. The first-order valence-corrected chi connectivity index (χ1v) is 8.09. The number of unbranched alkanes of at least 4 members (excludes halogenated alkanes) is 4. The molecule has 0 radical (unpaired) electrons. The van der Waals surface area contributed by atoms with Crippen LogP contribution in [0.5, 0.6) is 0 Å². The third-order valence-corrected chi connectivity index (χ3v) is 3.94. The van der Waals surface area contributed by atoms with Crippen LogP contribution in [0.15, 0.2) is 0 Å². The smallest absolute Gasteiger partial charge is 0.0814 e. The summed E-state index contributed by atoms with van der Waals surface area (Å²) < 4.78 is 1.42. The van der Waals surface area contributed by atoms with Crippen LogP contribution in [0.25, 0.3) is 0 Å². The lowest BCUT2D eigenvalue weighted by Gasteiger charge is -2.39. The molecule has 0 unspecified atom stereocenters. The van der Waals surface area contributed by atoms with E-state index in [1.54, 1.807) is 0 Å². The highest BCUT2D eigenvalue weighted by Gasteiger charge is 2.24.